The van der Waals surface area contributed by atoms with Crippen molar-refractivity contribution in [2.75, 3.05) is 26.0 Å². The molecule has 1 amide bonds. The van der Waals surface area contributed by atoms with Gasteiger partial charge in [0.15, 0.2) is 0 Å². The third-order valence-electron chi connectivity index (χ3n) is 3.82. The molecule has 20 heavy (non-hydrogen) atoms. The van der Waals surface area contributed by atoms with E-state index < -0.39 is 0 Å². The van der Waals surface area contributed by atoms with Crippen molar-refractivity contribution in [3.05, 3.63) is 28.8 Å². The van der Waals surface area contributed by atoms with E-state index in [4.69, 9.17) is 22.1 Å². The van der Waals surface area contributed by atoms with Crippen LogP contribution in [-0.4, -0.2) is 37.1 Å². The van der Waals surface area contributed by atoms with Crippen LogP contribution in [0.3, 0.4) is 0 Å². The van der Waals surface area contributed by atoms with Gasteiger partial charge in [-0.25, -0.2) is 0 Å². The number of nitrogen functional groups attached to an aromatic ring is 1. The summed E-state index contributed by atoms with van der Waals surface area (Å²) in [6.45, 7) is 3.19. The summed E-state index contributed by atoms with van der Waals surface area (Å²) in [6, 6.07) is 5.23. The quantitative estimate of drug-likeness (QED) is 0.821. The first kappa shape index (κ1) is 15.1. The highest BCUT2D eigenvalue weighted by Gasteiger charge is 2.34. The third-order valence-corrected chi connectivity index (χ3v) is 4.13. The zero-order valence-corrected chi connectivity index (χ0v) is 12.7. The number of hydrogen-bond acceptors (Lipinski definition) is 3. The van der Waals surface area contributed by atoms with Crippen molar-refractivity contribution >= 4 is 23.2 Å². The molecule has 4 nitrogen and oxygen atoms in total. The Morgan fingerprint density at radius 3 is 2.80 bits per heavy atom. The summed E-state index contributed by atoms with van der Waals surface area (Å²) in [7, 11) is 1.64. The van der Waals surface area contributed by atoms with Crippen molar-refractivity contribution in [1.82, 2.24) is 4.90 Å². The van der Waals surface area contributed by atoms with Crippen LogP contribution in [0.4, 0.5) is 5.69 Å². The van der Waals surface area contributed by atoms with Gasteiger partial charge in [-0.2, -0.15) is 0 Å². The molecule has 110 valence electrons. The normalized spacial score (nSPS) is 15.9. The fourth-order valence-corrected chi connectivity index (χ4v) is 2.64. The molecule has 1 aromatic carbocycles. The number of carbonyl (C=O) groups excluding carboxylic acids is 1. The highest BCUT2D eigenvalue weighted by atomic mass is 35.5. The zero-order chi connectivity index (χ0) is 14.7. The number of anilines is 1. The number of nitrogens with two attached hydrogens (primary N) is 1. The van der Waals surface area contributed by atoms with Crippen LogP contribution in [0.1, 0.15) is 30.1 Å². The number of hydrogen-bond donors (Lipinski definition) is 1. The van der Waals surface area contributed by atoms with Crippen LogP contribution in [-0.2, 0) is 4.74 Å². The lowest BCUT2D eigenvalue weighted by atomic mass is 10.1. The largest absolute Gasteiger partial charge is 0.399 e. The summed E-state index contributed by atoms with van der Waals surface area (Å²) in [5, 5.41) is 0.403. The first-order valence-electron chi connectivity index (χ1n) is 6.89. The molecule has 0 saturated heterocycles. The monoisotopic (exact) mass is 296 g/mol. The summed E-state index contributed by atoms with van der Waals surface area (Å²) in [4.78, 5) is 14.6. The van der Waals surface area contributed by atoms with Gasteiger partial charge in [0.25, 0.3) is 5.91 Å². The maximum atomic E-state index is 12.7. The average molecular weight is 297 g/mol. The number of methoxy groups -OCH3 is 1. The fraction of sp³-hybridized carbons (Fsp3) is 0.533. The van der Waals surface area contributed by atoms with Crippen molar-refractivity contribution < 1.29 is 9.53 Å². The molecule has 0 radical (unpaired) electrons. The Kier molecular flexibility index (Phi) is 4.89. The molecule has 2 rings (SSSR count). The smallest absolute Gasteiger partial charge is 0.255 e. The first-order chi connectivity index (χ1) is 9.54. The van der Waals surface area contributed by atoms with E-state index in [0.29, 0.717) is 35.3 Å². The van der Waals surface area contributed by atoms with E-state index in [1.807, 2.05) is 4.90 Å². The van der Waals surface area contributed by atoms with Crippen LogP contribution in [0.2, 0.25) is 5.02 Å². The predicted octanol–water partition coefficient (Wildman–Crippen LogP) is 2.81. The van der Waals surface area contributed by atoms with E-state index in [1.165, 1.54) is 12.8 Å². The molecule has 1 aromatic rings. The van der Waals surface area contributed by atoms with E-state index in [9.17, 15) is 4.79 Å². The van der Waals surface area contributed by atoms with Crippen LogP contribution in [0, 0.1) is 5.92 Å². The Labute approximate surface area is 124 Å². The number of nitrogens with zero attached hydrogens (tertiary/aromatic N) is 1. The van der Waals surface area contributed by atoms with Gasteiger partial charge < -0.3 is 15.4 Å². The summed E-state index contributed by atoms with van der Waals surface area (Å²) in [5.41, 5.74) is 6.74. The molecule has 1 unspecified atom stereocenters. The maximum Gasteiger partial charge on any atom is 0.255 e. The lowest BCUT2D eigenvalue weighted by Crippen LogP contribution is -2.42. The van der Waals surface area contributed by atoms with Crippen molar-refractivity contribution in [3.8, 4) is 0 Å². The average Bonchev–Trinajstić information content (AvgIpc) is 3.22. The van der Waals surface area contributed by atoms with Gasteiger partial charge in [-0.15, -0.1) is 0 Å². The molecule has 0 aromatic heterocycles. The minimum Gasteiger partial charge on any atom is -0.399 e. The van der Waals surface area contributed by atoms with Crippen molar-refractivity contribution in [2.45, 2.75) is 25.8 Å². The van der Waals surface area contributed by atoms with Gasteiger partial charge in [-0.1, -0.05) is 11.6 Å². The highest BCUT2D eigenvalue weighted by Crippen LogP contribution is 2.36. The van der Waals surface area contributed by atoms with Gasteiger partial charge in [-0.05, 0) is 43.9 Å². The Morgan fingerprint density at radius 1 is 1.55 bits per heavy atom. The lowest BCUT2D eigenvalue weighted by Gasteiger charge is -2.29. The van der Waals surface area contributed by atoms with Crippen molar-refractivity contribution in [1.29, 1.82) is 0 Å². The zero-order valence-electron chi connectivity index (χ0n) is 11.9. The molecular formula is C15H21ClN2O2. The number of benzene rings is 1. The molecule has 0 bridgehead atoms. The Morgan fingerprint density at radius 2 is 2.25 bits per heavy atom. The molecule has 2 N–H and O–H groups in total. The first-order valence-corrected chi connectivity index (χ1v) is 7.27. The van der Waals surface area contributed by atoms with E-state index in [1.54, 1.807) is 25.3 Å². The molecule has 1 aliphatic rings. The Hall–Kier alpha value is -1.26. The van der Waals surface area contributed by atoms with Crippen molar-refractivity contribution in [3.63, 3.8) is 0 Å². The summed E-state index contributed by atoms with van der Waals surface area (Å²) in [6.07, 6.45) is 2.38. The van der Waals surface area contributed by atoms with E-state index in [0.717, 1.165) is 0 Å². The molecule has 5 heteroatoms. The SMILES string of the molecule is COCCN(C(=O)c1ccc(N)cc1Cl)C(C)C1CC1. The Bertz CT molecular complexity index is 489. The second kappa shape index (κ2) is 6.46. The minimum atomic E-state index is -0.0496. The molecule has 0 spiro atoms. The van der Waals surface area contributed by atoms with Gasteiger partial charge in [0.2, 0.25) is 0 Å². The molecule has 1 atom stereocenters. The van der Waals surface area contributed by atoms with Crippen LogP contribution in [0.15, 0.2) is 18.2 Å². The predicted molar refractivity (Wildman–Crippen MR) is 81.0 cm³/mol. The summed E-state index contributed by atoms with van der Waals surface area (Å²) in [5.74, 6) is 0.551. The van der Waals surface area contributed by atoms with Crippen LogP contribution in [0.25, 0.3) is 0 Å². The van der Waals surface area contributed by atoms with Gasteiger partial charge in [0.05, 0.1) is 17.2 Å². The van der Waals surface area contributed by atoms with Gasteiger partial charge in [-0.3, -0.25) is 4.79 Å². The number of amides is 1. The van der Waals surface area contributed by atoms with Gasteiger partial charge in [0, 0.05) is 25.4 Å². The van der Waals surface area contributed by atoms with Gasteiger partial charge in [0.1, 0.15) is 0 Å². The molecule has 1 saturated carbocycles. The number of ether oxygens (including phenoxy) is 1. The topological polar surface area (TPSA) is 55.6 Å². The molecule has 1 aliphatic carbocycles. The second-order valence-corrected chi connectivity index (χ2v) is 5.72. The van der Waals surface area contributed by atoms with Crippen LogP contribution in [0.5, 0.6) is 0 Å². The summed E-state index contributed by atoms with van der Waals surface area (Å²) >= 11 is 6.14. The minimum absolute atomic E-state index is 0.0496. The molecule has 0 heterocycles. The Balaban J connectivity index is 2.20. The number of carbonyl (C=O) groups is 1. The fourth-order valence-electron chi connectivity index (χ4n) is 2.37. The number of rotatable bonds is 6. The highest BCUT2D eigenvalue weighted by molar-refractivity contribution is 6.34. The molecular weight excluding hydrogens is 276 g/mol. The van der Waals surface area contributed by atoms with Crippen LogP contribution >= 0.6 is 11.6 Å². The number of halogens is 1. The van der Waals surface area contributed by atoms with Crippen LogP contribution < -0.4 is 5.73 Å². The molecule has 0 aliphatic heterocycles. The maximum absolute atomic E-state index is 12.7. The summed E-state index contributed by atoms with van der Waals surface area (Å²) < 4.78 is 5.11. The lowest BCUT2D eigenvalue weighted by molar-refractivity contribution is 0.0595. The van der Waals surface area contributed by atoms with Gasteiger partial charge >= 0.3 is 0 Å². The standard InChI is InChI=1S/C15H21ClN2O2/c1-10(11-3-4-11)18(7-8-20-2)15(19)13-6-5-12(17)9-14(13)16/h5-6,9-11H,3-4,7-8,17H2,1-2H3. The van der Waals surface area contributed by atoms with Crippen molar-refractivity contribution in [2.24, 2.45) is 5.92 Å². The van der Waals surface area contributed by atoms with E-state index in [2.05, 4.69) is 6.92 Å². The van der Waals surface area contributed by atoms with E-state index >= 15 is 0 Å². The molecule has 1 fully saturated rings. The van der Waals surface area contributed by atoms with E-state index in [-0.39, 0.29) is 11.9 Å². The third kappa shape index (κ3) is 3.44. The second-order valence-electron chi connectivity index (χ2n) is 5.31.